The second kappa shape index (κ2) is 6.47. The monoisotopic (exact) mass is 437 g/mol. The first kappa shape index (κ1) is 15.8. The number of hydrogen-bond acceptors (Lipinski definition) is 2. The zero-order valence-electron chi connectivity index (χ0n) is 9.75. The van der Waals surface area contributed by atoms with E-state index in [9.17, 15) is 9.18 Å². The number of benzene rings is 2. The van der Waals surface area contributed by atoms with Gasteiger partial charge in [-0.25, -0.2) is 4.39 Å². The minimum Gasteiger partial charge on any atom is -0.320 e. The molecule has 2 rings (SSSR count). The molecule has 0 spiro atoms. The van der Waals surface area contributed by atoms with E-state index in [1.807, 2.05) is 0 Å². The van der Waals surface area contributed by atoms with E-state index in [0.29, 0.717) is 20.6 Å². The van der Waals surface area contributed by atoms with Crippen LogP contribution in [-0.2, 0) is 0 Å². The van der Waals surface area contributed by atoms with Crippen molar-refractivity contribution in [1.29, 1.82) is 0 Å². The zero-order chi connectivity index (χ0) is 14.9. The van der Waals surface area contributed by atoms with Crippen molar-refractivity contribution in [1.82, 2.24) is 0 Å². The van der Waals surface area contributed by atoms with Gasteiger partial charge in [0, 0.05) is 13.8 Å². The van der Waals surface area contributed by atoms with Gasteiger partial charge in [0.25, 0.3) is 5.91 Å². The Bertz CT molecular complexity index is 673. The summed E-state index contributed by atoms with van der Waals surface area (Å²) in [7, 11) is 0. The Kier molecular flexibility index (Phi) is 5.12. The van der Waals surface area contributed by atoms with Crippen molar-refractivity contribution in [2.24, 2.45) is 0 Å². The maximum absolute atomic E-state index is 13.1. The van der Waals surface area contributed by atoms with E-state index in [1.165, 1.54) is 6.07 Å². The third kappa shape index (κ3) is 3.55. The molecule has 0 aliphatic rings. The van der Waals surface area contributed by atoms with E-state index < -0.39 is 5.82 Å². The number of nitrogens with one attached hydrogen (secondary N) is 1. The average Bonchev–Trinajstić information content (AvgIpc) is 2.33. The Morgan fingerprint density at radius 2 is 1.95 bits per heavy atom. The van der Waals surface area contributed by atoms with Crippen molar-refractivity contribution in [2.75, 3.05) is 5.32 Å². The third-order valence-electron chi connectivity index (χ3n) is 2.45. The van der Waals surface area contributed by atoms with Crippen LogP contribution in [0.15, 0.2) is 44.2 Å². The summed E-state index contributed by atoms with van der Waals surface area (Å²) in [4.78, 5) is 12.7. The van der Waals surface area contributed by atoms with E-state index >= 15 is 0 Å². The number of anilines is 1. The molecule has 0 aromatic heterocycles. The van der Waals surface area contributed by atoms with Crippen molar-refractivity contribution in [3.05, 3.63) is 55.7 Å². The molecule has 2 nitrogen and oxygen atoms in total. The molecule has 0 bridgehead atoms. The summed E-state index contributed by atoms with van der Waals surface area (Å²) in [5, 5.41) is 2.75. The lowest BCUT2D eigenvalue weighted by Crippen LogP contribution is -2.13. The van der Waals surface area contributed by atoms with E-state index in [0.717, 1.165) is 10.5 Å². The standard InChI is InChI=1S/C13H7Br2ClFNOS/c14-6-1-2-8(11(20)3-6)13(19)18-12-9(15)4-7(17)5-10(12)16/h1-5,20H,(H,18,19). The molecule has 104 valence electrons. The second-order valence-electron chi connectivity index (χ2n) is 3.86. The lowest BCUT2D eigenvalue weighted by Gasteiger charge is -2.11. The molecular formula is C13H7Br2ClFNOS. The first-order chi connectivity index (χ1) is 9.38. The quantitative estimate of drug-likeness (QED) is 0.591. The molecule has 0 aliphatic carbocycles. The van der Waals surface area contributed by atoms with Crippen LogP contribution in [-0.4, -0.2) is 5.91 Å². The first-order valence-corrected chi connectivity index (χ1v) is 7.74. The smallest absolute Gasteiger partial charge is 0.256 e. The van der Waals surface area contributed by atoms with Gasteiger partial charge in [0.15, 0.2) is 0 Å². The van der Waals surface area contributed by atoms with Crippen LogP contribution in [0.4, 0.5) is 10.1 Å². The SMILES string of the molecule is O=C(Nc1c(Cl)cc(F)cc1Br)c1ccc(Br)cc1S. The van der Waals surface area contributed by atoms with Gasteiger partial charge in [-0.15, -0.1) is 12.6 Å². The summed E-state index contributed by atoms with van der Waals surface area (Å²) in [5.74, 6) is -0.866. The van der Waals surface area contributed by atoms with Crippen LogP contribution >= 0.6 is 56.1 Å². The maximum atomic E-state index is 13.1. The molecule has 0 fully saturated rings. The number of carbonyl (C=O) groups is 1. The number of halogens is 4. The van der Waals surface area contributed by atoms with Gasteiger partial charge in [-0.3, -0.25) is 4.79 Å². The van der Waals surface area contributed by atoms with Crippen LogP contribution in [0.25, 0.3) is 0 Å². The van der Waals surface area contributed by atoms with Gasteiger partial charge < -0.3 is 5.32 Å². The predicted molar refractivity (Wildman–Crippen MR) is 88.5 cm³/mol. The largest absolute Gasteiger partial charge is 0.320 e. The van der Waals surface area contributed by atoms with Crippen molar-refractivity contribution in [3.8, 4) is 0 Å². The third-order valence-corrected chi connectivity index (χ3v) is 4.24. The van der Waals surface area contributed by atoms with Gasteiger partial charge in [-0.2, -0.15) is 0 Å². The van der Waals surface area contributed by atoms with E-state index in [2.05, 4.69) is 49.8 Å². The summed E-state index contributed by atoms with van der Waals surface area (Å²) >= 11 is 16.6. The molecule has 20 heavy (non-hydrogen) atoms. The summed E-state index contributed by atoms with van der Waals surface area (Å²) < 4.78 is 14.3. The molecule has 0 heterocycles. The lowest BCUT2D eigenvalue weighted by molar-refractivity contribution is 0.102. The fraction of sp³-hybridized carbons (Fsp3) is 0. The van der Waals surface area contributed by atoms with Crippen molar-refractivity contribution in [2.45, 2.75) is 4.90 Å². The number of hydrogen-bond donors (Lipinski definition) is 2. The Labute approximate surface area is 142 Å². The van der Waals surface area contributed by atoms with Crippen molar-refractivity contribution >= 4 is 67.7 Å². The van der Waals surface area contributed by atoms with E-state index in [-0.39, 0.29) is 10.9 Å². The van der Waals surface area contributed by atoms with Crippen molar-refractivity contribution < 1.29 is 9.18 Å². The molecule has 2 aromatic carbocycles. The average molecular weight is 440 g/mol. The minimum atomic E-state index is -0.488. The topological polar surface area (TPSA) is 29.1 Å². The molecule has 0 aliphatic heterocycles. The predicted octanol–water partition coefficient (Wildman–Crippen LogP) is 5.55. The summed E-state index contributed by atoms with van der Waals surface area (Å²) in [6, 6.07) is 7.43. The Morgan fingerprint density at radius 1 is 1.25 bits per heavy atom. The number of carbonyl (C=O) groups excluding carboxylic acids is 1. The lowest BCUT2D eigenvalue weighted by atomic mass is 10.2. The molecule has 0 atom stereocenters. The molecule has 0 unspecified atom stereocenters. The molecule has 1 N–H and O–H groups in total. The summed E-state index contributed by atoms with van der Waals surface area (Å²) in [5.41, 5.74) is 0.706. The van der Waals surface area contributed by atoms with Crippen LogP contribution < -0.4 is 5.32 Å². The molecule has 0 saturated heterocycles. The highest BCUT2D eigenvalue weighted by molar-refractivity contribution is 9.10. The highest BCUT2D eigenvalue weighted by atomic mass is 79.9. The van der Waals surface area contributed by atoms with Crippen LogP contribution in [0, 0.1) is 5.82 Å². The van der Waals surface area contributed by atoms with Gasteiger partial charge in [-0.05, 0) is 46.3 Å². The minimum absolute atomic E-state index is 0.114. The van der Waals surface area contributed by atoms with Gasteiger partial charge in [0.2, 0.25) is 0 Å². The Hall–Kier alpha value is -0.560. The second-order valence-corrected chi connectivity index (χ2v) is 6.52. The van der Waals surface area contributed by atoms with Gasteiger partial charge in [-0.1, -0.05) is 27.5 Å². The van der Waals surface area contributed by atoms with E-state index in [4.69, 9.17) is 11.6 Å². The zero-order valence-corrected chi connectivity index (χ0v) is 14.6. The molecular weight excluding hydrogens is 432 g/mol. The number of thiol groups is 1. The van der Waals surface area contributed by atoms with Gasteiger partial charge >= 0.3 is 0 Å². The molecule has 7 heteroatoms. The summed E-state index contributed by atoms with van der Waals surface area (Å²) in [6.45, 7) is 0. The molecule has 0 saturated carbocycles. The fourth-order valence-corrected chi connectivity index (χ4v) is 3.29. The van der Waals surface area contributed by atoms with Gasteiger partial charge in [0.05, 0.1) is 16.3 Å². The Morgan fingerprint density at radius 3 is 2.55 bits per heavy atom. The van der Waals surface area contributed by atoms with E-state index in [1.54, 1.807) is 18.2 Å². The van der Waals surface area contributed by atoms with Crippen molar-refractivity contribution in [3.63, 3.8) is 0 Å². The highest BCUT2D eigenvalue weighted by Crippen LogP contribution is 2.32. The first-order valence-electron chi connectivity index (χ1n) is 5.33. The van der Waals surface area contributed by atoms with Crippen LogP contribution in [0.2, 0.25) is 5.02 Å². The molecule has 2 aromatic rings. The molecule has 0 radical (unpaired) electrons. The maximum Gasteiger partial charge on any atom is 0.256 e. The summed E-state index contributed by atoms with van der Waals surface area (Å²) in [6.07, 6.45) is 0. The van der Waals surface area contributed by atoms with Crippen LogP contribution in [0.1, 0.15) is 10.4 Å². The van der Waals surface area contributed by atoms with Crippen LogP contribution in [0.3, 0.4) is 0 Å². The Balaban J connectivity index is 2.33. The van der Waals surface area contributed by atoms with Gasteiger partial charge in [0.1, 0.15) is 5.82 Å². The number of rotatable bonds is 2. The number of amides is 1. The van der Waals surface area contributed by atoms with Crippen LogP contribution in [0.5, 0.6) is 0 Å². The molecule has 1 amide bonds. The highest BCUT2D eigenvalue weighted by Gasteiger charge is 2.15. The fourth-order valence-electron chi connectivity index (χ4n) is 1.54. The normalized spacial score (nSPS) is 10.4.